The van der Waals surface area contributed by atoms with Crippen molar-refractivity contribution in [1.29, 1.82) is 0 Å². The molecule has 0 aliphatic heterocycles. The second-order valence-corrected chi connectivity index (χ2v) is 4.78. The molecule has 0 amide bonds. The second kappa shape index (κ2) is 5.34. The van der Waals surface area contributed by atoms with E-state index in [-0.39, 0.29) is 5.56 Å². The third-order valence-corrected chi connectivity index (χ3v) is 3.35. The lowest BCUT2D eigenvalue weighted by Crippen LogP contribution is -2.22. The molecule has 0 saturated carbocycles. The van der Waals surface area contributed by atoms with Gasteiger partial charge in [0.15, 0.2) is 0 Å². The van der Waals surface area contributed by atoms with Gasteiger partial charge >= 0.3 is 0 Å². The van der Waals surface area contributed by atoms with Gasteiger partial charge in [-0.2, -0.15) is 0 Å². The van der Waals surface area contributed by atoms with Gasteiger partial charge < -0.3 is 5.73 Å². The number of nitrogens with two attached hydrogens (primary N) is 1. The average Bonchev–Trinajstić information content (AvgIpc) is 2.65. The van der Waals surface area contributed by atoms with Crippen LogP contribution in [0, 0.1) is 6.92 Å². The van der Waals surface area contributed by atoms with Crippen molar-refractivity contribution in [3.8, 4) is 5.69 Å². The first-order valence-electron chi connectivity index (χ1n) is 6.77. The van der Waals surface area contributed by atoms with E-state index in [0.29, 0.717) is 5.69 Å². The number of hydrogen-bond donors (Lipinski definition) is 1. The Balaban J connectivity index is 2.66. The molecule has 0 aliphatic rings. The number of nitrogens with zero attached hydrogens (tertiary/aromatic N) is 2. The van der Waals surface area contributed by atoms with Crippen molar-refractivity contribution in [2.75, 3.05) is 5.73 Å². The molecule has 0 atom stereocenters. The van der Waals surface area contributed by atoms with Crippen molar-refractivity contribution in [3.63, 3.8) is 0 Å². The van der Waals surface area contributed by atoms with Gasteiger partial charge in [0.05, 0.1) is 11.4 Å². The largest absolute Gasteiger partial charge is 0.393 e. The number of rotatable bonds is 4. The van der Waals surface area contributed by atoms with Crippen molar-refractivity contribution in [1.82, 2.24) is 9.36 Å². The number of anilines is 1. The first kappa shape index (κ1) is 13.5. The summed E-state index contributed by atoms with van der Waals surface area (Å²) >= 11 is 0. The van der Waals surface area contributed by atoms with E-state index in [2.05, 4.69) is 6.92 Å². The zero-order valence-corrected chi connectivity index (χ0v) is 11.8. The molecule has 0 fully saturated rings. The van der Waals surface area contributed by atoms with Crippen LogP contribution in [0.2, 0.25) is 0 Å². The average molecular weight is 259 g/mol. The Morgan fingerprint density at radius 2 is 1.79 bits per heavy atom. The molecule has 0 aliphatic carbocycles. The van der Waals surface area contributed by atoms with E-state index in [1.165, 1.54) is 5.56 Å². The fourth-order valence-corrected chi connectivity index (χ4v) is 2.38. The molecule has 2 N–H and O–H groups in total. The second-order valence-electron chi connectivity index (χ2n) is 4.78. The maximum atomic E-state index is 12.3. The van der Waals surface area contributed by atoms with E-state index in [9.17, 15) is 4.79 Å². The van der Waals surface area contributed by atoms with E-state index >= 15 is 0 Å². The molecule has 0 radical (unpaired) electrons. The predicted molar refractivity (Wildman–Crippen MR) is 78.8 cm³/mol. The Bertz CT molecular complexity index is 620. The predicted octanol–water partition coefficient (Wildman–Crippen LogP) is 2.50. The third kappa shape index (κ3) is 2.30. The van der Waals surface area contributed by atoms with Gasteiger partial charge in [-0.15, -0.1) is 0 Å². The molecule has 0 saturated heterocycles. The molecule has 4 nitrogen and oxygen atoms in total. The Labute approximate surface area is 113 Å². The highest BCUT2D eigenvalue weighted by atomic mass is 16.1. The van der Waals surface area contributed by atoms with Crippen LogP contribution in [0.15, 0.2) is 29.1 Å². The maximum absolute atomic E-state index is 12.3. The van der Waals surface area contributed by atoms with Gasteiger partial charge in [-0.05, 0) is 32.4 Å². The number of hydrogen-bond acceptors (Lipinski definition) is 2. The minimum atomic E-state index is -0.117. The van der Waals surface area contributed by atoms with Gasteiger partial charge in [0.1, 0.15) is 5.69 Å². The van der Waals surface area contributed by atoms with Crippen molar-refractivity contribution in [3.05, 3.63) is 45.9 Å². The van der Waals surface area contributed by atoms with Gasteiger partial charge in [-0.1, -0.05) is 31.0 Å². The molecule has 2 rings (SSSR count). The lowest BCUT2D eigenvalue weighted by atomic mass is 10.2. The summed E-state index contributed by atoms with van der Waals surface area (Å²) in [7, 11) is 0. The van der Waals surface area contributed by atoms with Crippen LogP contribution >= 0.6 is 0 Å². The van der Waals surface area contributed by atoms with Crippen molar-refractivity contribution >= 4 is 5.69 Å². The number of aromatic nitrogens is 2. The minimum absolute atomic E-state index is 0.117. The summed E-state index contributed by atoms with van der Waals surface area (Å²) in [5.74, 6) is 0. The van der Waals surface area contributed by atoms with Gasteiger partial charge in [-0.3, -0.25) is 9.48 Å². The molecule has 1 heterocycles. The Morgan fingerprint density at radius 3 is 2.32 bits per heavy atom. The van der Waals surface area contributed by atoms with Crippen LogP contribution < -0.4 is 11.3 Å². The summed E-state index contributed by atoms with van der Waals surface area (Å²) in [4.78, 5) is 12.3. The fourth-order valence-electron chi connectivity index (χ4n) is 2.38. The molecule has 0 bridgehead atoms. The Hall–Kier alpha value is -1.97. The molecule has 2 aromatic rings. The number of aryl methyl sites for hydroxylation is 1. The van der Waals surface area contributed by atoms with Crippen molar-refractivity contribution in [2.45, 2.75) is 40.2 Å². The summed E-state index contributed by atoms with van der Waals surface area (Å²) in [6, 6.07) is 7.92. The zero-order valence-electron chi connectivity index (χ0n) is 11.8. The van der Waals surface area contributed by atoms with E-state index in [1.54, 1.807) is 4.68 Å². The summed E-state index contributed by atoms with van der Waals surface area (Å²) in [6.07, 6.45) is 1.80. The van der Waals surface area contributed by atoms with Crippen LogP contribution in [-0.4, -0.2) is 9.36 Å². The molecule has 1 aromatic heterocycles. The summed E-state index contributed by atoms with van der Waals surface area (Å²) < 4.78 is 3.66. The van der Waals surface area contributed by atoms with E-state index in [1.807, 2.05) is 42.8 Å². The van der Waals surface area contributed by atoms with Crippen LogP contribution in [0.3, 0.4) is 0 Å². The molecule has 4 heteroatoms. The quantitative estimate of drug-likeness (QED) is 0.917. The van der Waals surface area contributed by atoms with Crippen LogP contribution in [0.1, 0.15) is 31.5 Å². The first-order valence-corrected chi connectivity index (χ1v) is 6.77. The van der Waals surface area contributed by atoms with Crippen LogP contribution in [-0.2, 0) is 13.0 Å². The van der Waals surface area contributed by atoms with Gasteiger partial charge in [0, 0.05) is 6.54 Å². The highest BCUT2D eigenvalue weighted by Crippen LogP contribution is 2.16. The molecule has 0 unspecified atom stereocenters. The first-order chi connectivity index (χ1) is 9.10. The molecular formula is C15H21N3O. The maximum Gasteiger partial charge on any atom is 0.294 e. The van der Waals surface area contributed by atoms with Crippen molar-refractivity contribution in [2.24, 2.45) is 0 Å². The monoisotopic (exact) mass is 259 g/mol. The summed E-state index contributed by atoms with van der Waals surface area (Å²) in [5, 5.41) is 0. The smallest absolute Gasteiger partial charge is 0.294 e. The Morgan fingerprint density at radius 1 is 1.16 bits per heavy atom. The molecular weight excluding hydrogens is 238 g/mol. The fraction of sp³-hybridized carbons (Fsp3) is 0.400. The number of nitrogen functional groups attached to an aromatic ring is 1. The standard InChI is InChI=1S/C15H21N3O/c1-4-6-13-14(16)15(19)18(17(13)5-2)12-9-7-11(3)8-10-12/h7-10H,4-6,16H2,1-3H3. The van der Waals surface area contributed by atoms with Crippen LogP contribution in [0.5, 0.6) is 0 Å². The van der Waals surface area contributed by atoms with Gasteiger partial charge in [-0.25, -0.2) is 4.68 Å². The van der Waals surface area contributed by atoms with E-state index < -0.39 is 0 Å². The third-order valence-electron chi connectivity index (χ3n) is 3.35. The lowest BCUT2D eigenvalue weighted by molar-refractivity contribution is 0.545. The topological polar surface area (TPSA) is 53.0 Å². The van der Waals surface area contributed by atoms with Crippen LogP contribution in [0.25, 0.3) is 5.69 Å². The number of benzene rings is 1. The SMILES string of the molecule is CCCc1c(N)c(=O)n(-c2ccc(C)cc2)n1CC. The molecule has 1 aromatic carbocycles. The normalized spacial score (nSPS) is 10.9. The van der Waals surface area contributed by atoms with Gasteiger partial charge in [0.2, 0.25) is 0 Å². The van der Waals surface area contributed by atoms with E-state index in [0.717, 1.165) is 30.8 Å². The van der Waals surface area contributed by atoms with Crippen molar-refractivity contribution < 1.29 is 0 Å². The molecule has 102 valence electrons. The highest BCUT2D eigenvalue weighted by molar-refractivity contribution is 5.46. The van der Waals surface area contributed by atoms with Crippen LogP contribution in [0.4, 0.5) is 5.69 Å². The zero-order chi connectivity index (χ0) is 14.0. The molecule has 0 spiro atoms. The highest BCUT2D eigenvalue weighted by Gasteiger charge is 2.16. The minimum Gasteiger partial charge on any atom is -0.393 e. The Kier molecular flexibility index (Phi) is 3.79. The lowest BCUT2D eigenvalue weighted by Gasteiger charge is -2.12. The van der Waals surface area contributed by atoms with Gasteiger partial charge in [0.25, 0.3) is 5.56 Å². The van der Waals surface area contributed by atoms with E-state index in [4.69, 9.17) is 5.73 Å². The summed E-state index contributed by atoms with van der Waals surface area (Å²) in [6.45, 7) is 6.88. The summed E-state index contributed by atoms with van der Waals surface area (Å²) in [5.41, 5.74) is 9.22. The molecule has 19 heavy (non-hydrogen) atoms.